The second-order valence-corrected chi connectivity index (χ2v) is 18.0. The molecule has 0 aromatic heterocycles. The predicted molar refractivity (Wildman–Crippen MR) is 193 cm³/mol. The number of rotatable bonds is 7. The molecule has 15 heteroatoms. The molecule has 3 heterocycles. The Morgan fingerprint density at radius 3 is 2.53 bits per heavy atom. The number of carbonyl (C=O) groups is 5. The van der Waals surface area contributed by atoms with Crippen molar-refractivity contribution in [3.63, 3.8) is 0 Å². The van der Waals surface area contributed by atoms with E-state index in [9.17, 15) is 32.4 Å². The molecule has 3 aliphatic heterocycles. The topological polar surface area (TPSA) is 181 Å². The van der Waals surface area contributed by atoms with Gasteiger partial charge in [0, 0.05) is 18.9 Å². The maximum Gasteiger partial charge on any atom is 0.410 e. The Kier molecular flexibility index (Phi) is 9.83. The molecule has 3 N–H and O–H groups in total. The summed E-state index contributed by atoms with van der Waals surface area (Å²) in [6, 6.07) is 3.69. The Bertz CT molecular complexity index is 1840. The van der Waals surface area contributed by atoms with Crippen LogP contribution in [0, 0.1) is 11.8 Å². The standard InChI is InChI=1S/C38H49N5O9S/c1-4-26-19-38(26,34(46)41-53(49,50)28-15-16-28)40-32(44)30-18-27-21-43(30)33(45)31(24-11-5-6-12-24)39-35(47)52-37(2,3)17-8-7-10-23-13-9-14-25-20-42(22-29(23)25)36(48)51-27/h4,7,9-10,13-14,24,26-28,30-31H,1,5-6,8,11-12,15-22H2,2-3H3,(H,39,47)(H,40,44)(H,41,46)/b10-7+/t26-,27+,30-,31-,38+/m0/s1. The van der Waals surface area contributed by atoms with E-state index < -0.39 is 80.4 Å². The van der Waals surface area contributed by atoms with Crippen LogP contribution in [0.2, 0.25) is 0 Å². The largest absolute Gasteiger partial charge is 0.444 e. The molecule has 5 atom stereocenters. The van der Waals surface area contributed by atoms with E-state index in [2.05, 4.69) is 21.9 Å². The average molecular weight is 752 g/mol. The first-order valence-corrected chi connectivity index (χ1v) is 20.3. The second kappa shape index (κ2) is 14.1. The highest BCUT2D eigenvalue weighted by molar-refractivity contribution is 7.91. The van der Waals surface area contributed by atoms with Gasteiger partial charge in [0.15, 0.2) is 0 Å². The minimum Gasteiger partial charge on any atom is -0.444 e. The van der Waals surface area contributed by atoms with E-state index in [-0.39, 0.29) is 25.3 Å². The molecule has 1 aromatic carbocycles. The van der Waals surface area contributed by atoms with Gasteiger partial charge < -0.3 is 25.0 Å². The molecule has 53 heavy (non-hydrogen) atoms. The summed E-state index contributed by atoms with van der Waals surface area (Å²) in [6.45, 7) is 7.95. The smallest absolute Gasteiger partial charge is 0.410 e. The number of nitrogens with one attached hydrogen (secondary N) is 3. The minimum absolute atomic E-state index is 0.0657. The van der Waals surface area contributed by atoms with Crippen molar-refractivity contribution in [1.82, 2.24) is 25.2 Å². The van der Waals surface area contributed by atoms with Crippen LogP contribution < -0.4 is 15.4 Å². The van der Waals surface area contributed by atoms with Crippen LogP contribution >= 0.6 is 0 Å². The number of hydrogen-bond donors (Lipinski definition) is 3. The maximum atomic E-state index is 14.6. The summed E-state index contributed by atoms with van der Waals surface area (Å²) in [7, 11) is -3.91. The summed E-state index contributed by atoms with van der Waals surface area (Å²) in [5, 5.41) is 4.96. The molecule has 0 spiro atoms. The van der Waals surface area contributed by atoms with Crippen molar-refractivity contribution >= 4 is 46.0 Å². The summed E-state index contributed by atoms with van der Waals surface area (Å²) in [6.07, 6.45) is 8.54. The highest BCUT2D eigenvalue weighted by Gasteiger charge is 2.62. The van der Waals surface area contributed by atoms with Crippen LogP contribution in [0.1, 0.15) is 94.7 Å². The zero-order valence-corrected chi connectivity index (χ0v) is 31.1. The van der Waals surface area contributed by atoms with Crippen molar-refractivity contribution in [3.8, 4) is 0 Å². The van der Waals surface area contributed by atoms with Gasteiger partial charge in [0.2, 0.25) is 21.8 Å². The van der Waals surface area contributed by atoms with Crippen molar-refractivity contribution in [1.29, 1.82) is 0 Å². The van der Waals surface area contributed by atoms with Crippen molar-refractivity contribution in [2.75, 3.05) is 6.54 Å². The van der Waals surface area contributed by atoms with E-state index in [4.69, 9.17) is 9.47 Å². The highest BCUT2D eigenvalue weighted by Crippen LogP contribution is 2.45. The Morgan fingerprint density at radius 1 is 1.08 bits per heavy atom. The molecule has 5 amide bonds. The molecular formula is C38H49N5O9S. The quantitative estimate of drug-likeness (QED) is 0.351. The van der Waals surface area contributed by atoms with Crippen LogP contribution in [-0.4, -0.2) is 89.2 Å². The zero-order valence-electron chi connectivity index (χ0n) is 30.3. The Labute approximate surface area is 310 Å². The molecule has 286 valence electrons. The predicted octanol–water partition coefficient (Wildman–Crippen LogP) is 3.65. The lowest BCUT2D eigenvalue weighted by Gasteiger charge is -2.33. The van der Waals surface area contributed by atoms with Crippen LogP contribution in [0.5, 0.6) is 0 Å². The molecule has 4 fully saturated rings. The van der Waals surface area contributed by atoms with Gasteiger partial charge in [0.05, 0.1) is 18.3 Å². The van der Waals surface area contributed by atoms with E-state index >= 15 is 0 Å². The van der Waals surface area contributed by atoms with Gasteiger partial charge in [0.1, 0.15) is 29.3 Å². The number of allylic oxidation sites excluding steroid dienone is 1. The maximum absolute atomic E-state index is 14.6. The van der Waals surface area contributed by atoms with Gasteiger partial charge in [-0.05, 0) is 81.4 Å². The highest BCUT2D eigenvalue weighted by atomic mass is 32.2. The van der Waals surface area contributed by atoms with Gasteiger partial charge >= 0.3 is 12.2 Å². The summed E-state index contributed by atoms with van der Waals surface area (Å²) >= 11 is 0. The number of alkyl carbamates (subject to hydrolysis) is 1. The number of nitrogens with zero attached hydrogens (tertiary/aromatic N) is 2. The van der Waals surface area contributed by atoms with E-state index in [1.807, 2.05) is 44.2 Å². The monoisotopic (exact) mass is 751 g/mol. The van der Waals surface area contributed by atoms with E-state index in [0.29, 0.717) is 51.6 Å². The van der Waals surface area contributed by atoms with E-state index in [1.165, 1.54) is 11.0 Å². The average Bonchev–Trinajstić information content (AvgIpc) is 3.88. The molecular weight excluding hydrogens is 703 g/mol. The van der Waals surface area contributed by atoms with E-state index in [0.717, 1.165) is 29.5 Å². The second-order valence-electron chi connectivity index (χ2n) is 16.0. The van der Waals surface area contributed by atoms with Crippen molar-refractivity contribution in [2.45, 2.75) is 126 Å². The molecule has 7 rings (SSSR count). The lowest BCUT2D eigenvalue weighted by atomic mass is 9.96. The number of amides is 5. The van der Waals surface area contributed by atoms with Crippen molar-refractivity contribution in [2.24, 2.45) is 11.8 Å². The summed E-state index contributed by atoms with van der Waals surface area (Å²) in [4.78, 5) is 72.4. The molecule has 0 unspecified atom stereocenters. The van der Waals surface area contributed by atoms with Crippen LogP contribution in [0.3, 0.4) is 0 Å². The third-order valence-electron chi connectivity index (χ3n) is 11.6. The van der Waals surface area contributed by atoms with Crippen LogP contribution in [0.25, 0.3) is 6.08 Å². The molecule has 1 saturated heterocycles. The zero-order chi connectivity index (χ0) is 37.7. The number of cyclic esters (lactones) is 1. The van der Waals surface area contributed by atoms with Crippen LogP contribution in [-0.2, 0) is 47.0 Å². The van der Waals surface area contributed by atoms with Gasteiger partial charge in [-0.2, -0.15) is 0 Å². The Morgan fingerprint density at radius 2 is 1.83 bits per heavy atom. The first-order chi connectivity index (χ1) is 25.2. The summed E-state index contributed by atoms with van der Waals surface area (Å²) in [5.41, 5.74) is 0.544. The summed E-state index contributed by atoms with van der Waals surface area (Å²) in [5.74, 6) is -2.81. The number of hydrogen-bond acceptors (Lipinski definition) is 9. The molecule has 6 aliphatic rings. The number of ether oxygens (including phenoxy) is 2. The fourth-order valence-corrected chi connectivity index (χ4v) is 9.66. The Balaban J connectivity index is 1.18. The molecule has 3 saturated carbocycles. The number of fused-ring (bicyclic) bond motifs is 3. The molecule has 1 aromatic rings. The minimum atomic E-state index is -3.91. The van der Waals surface area contributed by atoms with Gasteiger partial charge in [0.25, 0.3) is 5.91 Å². The molecule has 3 aliphatic carbocycles. The first-order valence-electron chi connectivity index (χ1n) is 18.7. The fourth-order valence-electron chi connectivity index (χ4n) is 8.29. The van der Waals surface area contributed by atoms with Gasteiger partial charge in [-0.3, -0.25) is 24.0 Å². The normalized spacial score (nSPS) is 30.9. The van der Waals surface area contributed by atoms with Crippen molar-refractivity contribution < 1.29 is 41.9 Å². The molecule has 4 bridgehead atoms. The lowest BCUT2D eigenvalue weighted by molar-refractivity contribution is -0.142. The van der Waals surface area contributed by atoms with Crippen LogP contribution in [0.15, 0.2) is 36.9 Å². The van der Waals surface area contributed by atoms with Crippen molar-refractivity contribution in [3.05, 3.63) is 53.6 Å². The third-order valence-corrected chi connectivity index (χ3v) is 13.5. The molecule has 0 radical (unpaired) electrons. The Hall–Kier alpha value is -4.40. The number of sulfonamides is 1. The van der Waals surface area contributed by atoms with Gasteiger partial charge in [-0.1, -0.05) is 49.3 Å². The number of benzene rings is 1. The SMILES string of the molecule is C=C[C@H]1C[C@]1(NC(=O)[C@@H]1C[C@@H]2CN1C(=O)[C@H](C1CCCC1)NC(=O)OC(C)(C)CC/C=C/c1cccc3c1CN(C3)C(=O)O2)C(=O)NS(=O)(=O)C1CC1. The van der Waals surface area contributed by atoms with Crippen LogP contribution in [0.4, 0.5) is 9.59 Å². The molecule has 14 nitrogen and oxygen atoms in total. The number of carbonyl (C=O) groups excluding carboxylic acids is 5. The van der Waals surface area contributed by atoms with Gasteiger partial charge in [-0.25, -0.2) is 18.0 Å². The third kappa shape index (κ3) is 7.67. The first kappa shape index (κ1) is 36.9. The summed E-state index contributed by atoms with van der Waals surface area (Å²) < 4.78 is 39.4. The van der Waals surface area contributed by atoms with E-state index in [1.54, 1.807) is 4.90 Å². The van der Waals surface area contributed by atoms with Gasteiger partial charge in [-0.15, -0.1) is 6.58 Å². The fraction of sp³-hybridized carbons (Fsp3) is 0.605. The lowest BCUT2D eigenvalue weighted by Crippen LogP contribution is -2.59.